The van der Waals surface area contributed by atoms with Crippen molar-refractivity contribution in [3.8, 4) is 11.5 Å². The number of carbonyl (C=O) groups excluding carboxylic acids is 1. The summed E-state index contributed by atoms with van der Waals surface area (Å²) >= 11 is 10.8. The molecule has 1 amide bonds. The van der Waals surface area contributed by atoms with Gasteiger partial charge in [0.15, 0.2) is 16.6 Å². The lowest BCUT2D eigenvalue weighted by molar-refractivity contribution is 0.0944. The number of nitrogens with one attached hydrogen (secondary N) is 3. The van der Waals surface area contributed by atoms with Gasteiger partial charge in [-0.2, -0.15) is 0 Å². The Morgan fingerprint density at radius 1 is 1.17 bits per heavy atom. The van der Waals surface area contributed by atoms with Gasteiger partial charge in [-0.15, -0.1) is 0 Å². The third kappa shape index (κ3) is 3.79. The number of ether oxygens (including phenoxy) is 2. The molecule has 1 aliphatic rings. The summed E-state index contributed by atoms with van der Waals surface area (Å²) in [7, 11) is 0. The summed E-state index contributed by atoms with van der Waals surface area (Å²) < 4.78 is 10.5. The van der Waals surface area contributed by atoms with E-state index in [0.717, 1.165) is 0 Å². The van der Waals surface area contributed by atoms with E-state index in [1.54, 1.807) is 18.2 Å². The molecule has 7 nitrogen and oxygen atoms in total. The number of halogens is 1. The van der Waals surface area contributed by atoms with E-state index >= 15 is 0 Å². The normalized spacial score (nSPS) is 11.7. The van der Waals surface area contributed by atoms with Crippen molar-refractivity contribution in [2.75, 3.05) is 12.1 Å². The first kappa shape index (κ1) is 15.3. The van der Waals surface area contributed by atoms with Crippen LogP contribution in [0, 0.1) is 0 Å². The summed E-state index contributed by atoms with van der Waals surface area (Å²) in [6.45, 7) is 0.200. The minimum absolute atomic E-state index is 0.200. The first-order chi connectivity index (χ1) is 11.1. The number of rotatable bonds is 2. The van der Waals surface area contributed by atoms with Gasteiger partial charge in [0.1, 0.15) is 5.15 Å². The zero-order chi connectivity index (χ0) is 16.2. The number of thiocarbonyl (C=S) groups is 1. The third-order valence-corrected chi connectivity index (χ3v) is 3.32. The maximum Gasteiger partial charge on any atom is 0.269 e. The molecular formula is C14H11ClN4O3S. The van der Waals surface area contributed by atoms with Gasteiger partial charge in [0, 0.05) is 23.5 Å². The van der Waals surface area contributed by atoms with Gasteiger partial charge in [-0.1, -0.05) is 11.6 Å². The van der Waals surface area contributed by atoms with Gasteiger partial charge in [-0.3, -0.25) is 15.6 Å². The minimum Gasteiger partial charge on any atom is -0.454 e. The maximum absolute atomic E-state index is 11.9. The number of pyridine rings is 1. The van der Waals surface area contributed by atoms with Gasteiger partial charge >= 0.3 is 0 Å². The maximum atomic E-state index is 11.9. The summed E-state index contributed by atoms with van der Waals surface area (Å²) in [5.74, 6) is 0.926. The molecule has 2 aromatic rings. The van der Waals surface area contributed by atoms with Crippen molar-refractivity contribution >= 4 is 40.5 Å². The summed E-state index contributed by atoms with van der Waals surface area (Å²) in [6.07, 6.45) is 1.44. The van der Waals surface area contributed by atoms with Crippen molar-refractivity contribution in [3.63, 3.8) is 0 Å². The van der Waals surface area contributed by atoms with E-state index in [9.17, 15) is 4.79 Å². The average Bonchev–Trinajstić information content (AvgIpc) is 3.00. The number of anilines is 1. The predicted octanol–water partition coefficient (Wildman–Crippen LogP) is 2.10. The van der Waals surface area contributed by atoms with E-state index in [1.807, 2.05) is 0 Å². The van der Waals surface area contributed by atoms with E-state index in [0.29, 0.717) is 22.7 Å². The number of amides is 1. The van der Waals surface area contributed by atoms with Crippen LogP contribution in [0.25, 0.3) is 0 Å². The molecular weight excluding hydrogens is 340 g/mol. The fourth-order valence-corrected chi connectivity index (χ4v) is 2.21. The van der Waals surface area contributed by atoms with Gasteiger partial charge in [0.2, 0.25) is 6.79 Å². The number of aromatic nitrogens is 1. The van der Waals surface area contributed by atoms with Crippen LogP contribution < -0.4 is 25.6 Å². The molecule has 23 heavy (non-hydrogen) atoms. The van der Waals surface area contributed by atoms with Crippen LogP contribution in [0.1, 0.15) is 10.4 Å². The molecule has 3 N–H and O–H groups in total. The Balaban J connectivity index is 1.54. The largest absolute Gasteiger partial charge is 0.454 e. The van der Waals surface area contributed by atoms with Crippen molar-refractivity contribution in [2.45, 2.75) is 0 Å². The molecule has 0 bridgehead atoms. The summed E-state index contributed by atoms with van der Waals surface area (Å²) in [5.41, 5.74) is 6.13. The topological polar surface area (TPSA) is 84.5 Å². The first-order valence-electron chi connectivity index (χ1n) is 6.50. The van der Waals surface area contributed by atoms with Gasteiger partial charge in [-0.05, 0) is 36.5 Å². The number of fused-ring (bicyclic) bond motifs is 1. The standard InChI is InChI=1S/C14H11ClN4O3S/c15-12-5-8(3-4-16-12)13(20)18-19-14(23)17-9-1-2-10-11(6-9)22-7-21-10/h1-6H,7H2,(H,18,20)(H2,17,19,23). The third-order valence-electron chi connectivity index (χ3n) is 2.91. The number of benzene rings is 1. The molecule has 9 heteroatoms. The lowest BCUT2D eigenvalue weighted by Crippen LogP contribution is -2.43. The number of hydrazine groups is 1. The quantitative estimate of drug-likeness (QED) is 0.434. The number of carbonyl (C=O) groups is 1. The lowest BCUT2D eigenvalue weighted by atomic mass is 10.2. The van der Waals surface area contributed by atoms with E-state index in [2.05, 4.69) is 21.2 Å². The Labute approximate surface area is 141 Å². The van der Waals surface area contributed by atoms with Crippen molar-refractivity contribution in [1.29, 1.82) is 0 Å². The summed E-state index contributed by atoms with van der Waals surface area (Å²) in [6, 6.07) is 8.29. The number of hydrogen-bond acceptors (Lipinski definition) is 5. The Morgan fingerprint density at radius 2 is 2.00 bits per heavy atom. The monoisotopic (exact) mass is 350 g/mol. The summed E-state index contributed by atoms with van der Waals surface area (Å²) in [4.78, 5) is 15.7. The van der Waals surface area contributed by atoms with Crippen LogP contribution in [0.3, 0.4) is 0 Å². The van der Waals surface area contributed by atoms with E-state index < -0.39 is 0 Å². The molecule has 0 atom stereocenters. The molecule has 1 aliphatic heterocycles. The highest BCUT2D eigenvalue weighted by molar-refractivity contribution is 7.80. The molecule has 0 aliphatic carbocycles. The highest BCUT2D eigenvalue weighted by Crippen LogP contribution is 2.34. The van der Waals surface area contributed by atoms with Crippen LogP contribution in [0.5, 0.6) is 11.5 Å². The van der Waals surface area contributed by atoms with Gasteiger partial charge < -0.3 is 14.8 Å². The van der Waals surface area contributed by atoms with Crippen molar-refractivity contribution in [1.82, 2.24) is 15.8 Å². The Kier molecular flexibility index (Phi) is 4.45. The lowest BCUT2D eigenvalue weighted by Gasteiger charge is -2.12. The molecule has 0 unspecified atom stereocenters. The van der Waals surface area contributed by atoms with Crippen LogP contribution in [0.15, 0.2) is 36.5 Å². The second-order valence-corrected chi connectivity index (χ2v) is 5.26. The molecule has 2 heterocycles. The summed E-state index contributed by atoms with van der Waals surface area (Å²) in [5, 5.41) is 3.38. The molecule has 0 saturated heterocycles. The average molecular weight is 351 g/mol. The fourth-order valence-electron chi connectivity index (χ4n) is 1.87. The molecule has 118 valence electrons. The van der Waals surface area contributed by atoms with Crippen LogP contribution in [0.2, 0.25) is 5.15 Å². The molecule has 3 rings (SSSR count). The van der Waals surface area contributed by atoms with E-state index in [-0.39, 0.29) is 23.0 Å². The highest BCUT2D eigenvalue weighted by atomic mass is 35.5. The van der Waals surface area contributed by atoms with Crippen LogP contribution in [0.4, 0.5) is 5.69 Å². The zero-order valence-electron chi connectivity index (χ0n) is 11.6. The van der Waals surface area contributed by atoms with Crippen LogP contribution >= 0.6 is 23.8 Å². The molecule has 0 fully saturated rings. The molecule has 0 radical (unpaired) electrons. The van der Waals surface area contributed by atoms with Crippen molar-refractivity contribution in [3.05, 3.63) is 47.2 Å². The smallest absolute Gasteiger partial charge is 0.269 e. The van der Waals surface area contributed by atoms with E-state index in [1.165, 1.54) is 18.3 Å². The van der Waals surface area contributed by atoms with Gasteiger partial charge in [-0.25, -0.2) is 4.98 Å². The minimum atomic E-state index is -0.385. The molecule has 0 spiro atoms. The molecule has 0 saturated carbocycles. The van der Waals surface area contributed by atoms with Crippen molar-refractivity contribution < 1.29 is 14.3 Å². The number of nitrogens with zero attached hydrogens (tertiary/aromatic N) is 1. The second-order valence-electron chi connectivity index (χ2n) is 4.47. The fraction of sp³-hybridized carbons (Fsp3) is 0.0714. The molecule has 1 aromatic heterocycles. The van der Waals surface area contributed by atoms with Crippen LogP contribution in [-0.2, 0) is 0 Å². The number of hydrogen-bond donors (Lipinski definition) is 3. The highest BCUT2D eigenvalue weighted by Gasteiger charge is 2.13. The van der Waals surface area contributed by atoms with Crippen molar-refractivity contribution in [2.24, 2.45) is 0 Å². The Morgan fingerprint density at radius 3 is 2.83 bits per heavy atom. The molecule has 1 aromatic carbocycles. The predicted molar refractivity (Wildman–Crippen MR) is 88.6 cm³/mol. The van der Waals surface area contributed by atoms with Crippen LogP contribution in [-0.4, -0.2) is 22.8 Å². The Bertz CT molecular complexity index is 771. The van der Waals surface area contributed by atoms with E-state index in [4.69, 9.17) is 33.3 Å². The second kappa shape index (κ2) is 6.67. The Hall–Kier alpha value is -2.58. The van der Waals surface area contributed by atoms with Gasteiger partial charge in [0.05, 0.1) is 0 Å². The SMILES string of the molecule is O=C(NNC(=S)Nc1ccc2c(c1)OCO2)c1ccnc(Cl)c1. The first-order valence-corrected chi connectivity index (χ1v) is 7.29. The van der Waals surface area contributed by atoms with Gasteiger partial charge in [0.25, 0.3) is 5.91 Å². The zero-order valence-corrected chi connectivity index (χ0v) is 13.2.